The molecular weight excluding hydrogens is 485 g/mol. The topological polar surface area (TPSA) is 115 Å². The molecule has 2 amide bonds. The molecule has 1 N–H and O–H groups in total. The number of likely N-dealkylation sites (tertiary alicyclic amines) is 1. The van der Waals surface area contributed by atoms with E-state index in [2.05, 4.69) is 20.5 Å². The van der Waals surface area contributed by atoms with Crippen LogP contribution in [0.1, 0.15) is 45.6 Å². The fourth-order valence-electron chi connectivity index (χ4n) is 4.32. The molecule has 186 valence electrons. The molecular formula is C24H24FN7O3S. The predicted octanol–water partition coefficient (Wildman–Crippen LogP) is 2.37. The van der Waals surface area contributed by atoms with Gasteiger partial charge in [-0.1, -0.05) is 12.1 Å². The highest BCUT2D eigenvalue weighted by Crippen LogP contribution is 2.30. The second-order valence-corrected chi connectivity index (χ2v) is 9.70. The van der Waals surface area contributed by atoms with Gasteiger partial charge in [0.25, 0.3) is 11.5 Å². The summed E-state index contributed by atoms with van der Waals surface area (Å²) in [6, 6.07) is 5.97. The summed E-state index contributed by atoms with van der Waals surface area (Å²) in [4.78, 5) is 48.9. The summed E-state index contributed by atoms with van der Waals surface area (Å²) in [5.74, 6) is -0.354. The third-order valence-electron chi connectivity index (χ3n) is 6.27. The minimum atomic E-state index is -0.500. The quantitative estimate of drug-likeness (QED) is 0.442. The molecule has 12 heteroatoms. The molecule has 0 saturated carbocycles. The molecule has 0 spiro atoms. The number of amides is 2. The van der Waals surface area contributed by atoms with Gasteiger partial charge >= 0.3 is 0 Å². The van der Waals surface area contributed by atoms with Gasteiger partial charge in [-0.05, 0) is 37.5 Å². The Morgan fingerprint density at radius 1 is 1.17 bits per heavy atom. The first kappa shape index (κ1) is 23.8. The van der Waals surface area contributed by atoms with Crippen LogP contribution in [-0.4, -0.2) is 54.2 Å². The van der Waals surface area contributed by atoms with Gasteiger partial charge in [-0.3, -0.25) is 24.5 Å². The van der Waals surface area contributed by atoms with E-state index in [-0.39, 0.29) is 29.8 Å². The zero-order valence-electron chi connectivity index (χ0n) is 19.8. The highest BCUT2D eigenvalue weighted by Gasteiger charge is 2.26. The number of fused-ring (bicyclic) bond motifs is 1. The highest BCUT2D eigenvalue weighted by molar-refractivity contribution is 7.09. The van der Waals surface area contributed by atoms with Gasteiger partial charge in [-0.2, -0.15) is 5.10 Å². The molecule has 1 aliphatic rings. The fourth-order valence-corrected chi connectivity index (χ4v) is 5.29. The van der Waals surface area contributed by atoms with Crippen molar-refractivity contribution >= 4 is 34.2 Å². The molecule has 0 atom stereocenters. The number of hydrogen-bond acceptors (Lipinski definition) is 7. The fraction of sp³-hybridized carbons (Fsp3) is 0.333. The second kappa shape index (κ2) is 9.61. The smallest absolute Gasteiger partial charge is 0.289 e. The van der Waals surface area contributed by atoms with Gasteiger partial charge in [0, 0.05) is 37.6 Å². The van der Waals surface area contributed by atoms with Crippen LogP contribution in [0.5, 0.6) is 0 Å². The molecule has 1 aromatic carbocycles. The Balaban J connectivity index is 1.21. The lowest BCUT2D eigenvalue weighted by Crippen LogP contribution is -2.38. The van der Waals surface area contributed by atoms with E-state index in [1.807, 2.05) is 4.90 Å². The van der Waals surface area contributed by atoms with E-state index in [4.69, 9.17) is 0 Å². The maximum absolute atomic E-state index is 13.1. The Labute approximate surface area is 209 Å². The van der Waals surface area contributed by atoms with Crippen molar-refractivity contribution in [3.63, 3.8) is 0 Å². The number of nitrogens with one attached hydrogen (secondary N) is 1. The molecule has 4 aromatic rings. The predicted molar refractivity (Wildman–Crippen MR) is 132 cm³/mol. The lowest BCUT2D eigenvalue weighted by Gasteiger charge is -2.31. The first-order valence-electron chi connectivity index (χ1n) is 11.5. The SMILES string of the molecule is Cc1nc2nn(C)cc2c(=O)n1NC(=O)c1csc(C2CCN(C(=O)Cc3ccc(F)cc3)CC2)n1. The molecule has 10 nitrogen and oxygen atoms in total. The van der Waals surface area contributed by atoms with Crippen molar-refractivity contribution in [3.8, 4) is 0 Å². The van der Waals surface area contributed by atoms with Crippen LogP contribution in [0.2, 0.25) is 0 Å². The second-order valence-electron chi connectivity index (χ2n) is 8.81. The summed E-state index contributed by atoms with van der Waals surface area (Å²) in [5, 5.41) is 6.95. The molecule has 36 heavy (non-hydrogen) atoms. The summed E-state index contributed by atoms with van der Waals surface area (Å²) >= 11 is 1.40. The molecule has 1 aliphatic heterocycles. The Morgan fingerprint density at radius 2 is 1.89 bits per heavy atom. The molecule has 0 aliphatic carbocycles. The van der Waals surface area contributed by atoms with Crippen LogP contribution in [0, 0.1) is 12.7 Å². The van der Waals surface area contributed by atoms with Crippen LogP contribution in [0.4, 0.5) is 4.39 Å². The number of rotatable bonds is 5. The largest absolute Gasteiger partial charge is 0.342 e. The van der Waals surface area contributed by atoms with Crippen molar-refractivity contribution in [1.82, 2.24) is 29.3 Å². The Bertz CT molecular complexity index is 1500. The lowest BCUT2D eigenvalue weighted by molar-refractivity contribution is -0.131. The van der Waals surface area contributed by atoms with Crippen molar-refractivity contribution in [2.45, 2.75) is 32.1 Å². The van der Waals surface area contributed by atoms with Crippen LogP contribution in [0.25, 0.3) is 11.0 Å². The van der Waals surface area contributed by atoms with Crippen molar-refractivity contribution < 1.29 is 14.0 Å². The minimum Gasteiger partial charge on any atom is -0.342 e. The zero-order valence-corrected chi connectivity index (χ0v) is 20.6. The number of halogens is 1. The number of nitrogens with zero attached hydrogens (tertiary/aromatic N) is 6. The van der Waals surface area contributed by atoms with Crippen molar-refractivity contribution in [3.05, 3.63) is 74.1 Å². The normalized spacial score (nSPS) is 14.4. The summed E-state index contributed by atoms with van der Waals surface area (Å²) in [6.07, 6.45) is 3.28. The number of benzene rings is 1. The molecule has 5 rings (SSSR count). The van der Waals surface area contributed by atoms with Crippen molar-refractivity contribution in [2.75, 3.05) is 18.5 Å². The monoisotopic (exact) mass is 509 g/mol. The number of aryl methyl sites for hydroxylation is 2. The van der Waals surface area contributed by atoms with E-state index in [9.17, 15) is 18.8 Å². The maximum Gasteiger partial charge on any atom is 0.289 e. The van der Waals surface area contributed by atoms with Gasteiger partial charge in [-0.25, -0.2) is 19.0 Å². The van der Waals surface area contributed by atoms with E-state index in [0.29, 0.717) is 29.9 Å². The van der Waals surface area contributed by atoms with Gasteiger partial charge in [0.2, 0.25) is 5.91 Å². The summed E-state index contributed by atoms with van der Waals surface area (Å²) in [5.41, 5.74) is 3.52. The molecule has 0 bridgehead atoms. The molecule has 3 aromatic heterocycles. The zero-order chi connectivity index (χ0) is 25.4. The Kier molecular flexibility index (Phi) is 6.35. The van der Waals surface area contributed by atoms with E-state index < -0.39 is 11.5 Å². The van der Waals surface area contributed by atoms with Crippen LogP contribution in [0.3, 0.4) is 0 Å². The summed E-state index contributed by atoms with van der Waals surface area (Å²) in [6.45, 7) is 2.81. The average molecular weight is 510 g/mol. The van der Waals surface area contributed by atoms with Gasteiger partial charge in [0.1, 0.15) is 22.7 Å². The molecule has 1 saturated heterocycles. The van der Waals surface area contributed by atoms with E-state index in [0.717, 1.165) is 28.1 Å². The van der Waals surface area contributed by atoms with Crippen LogP contribution in [-0.2, 0) is 18.3 Å². The third-order valence-corrected chi connectivity index (χ3v) is 7.27. The van der Waals surface area contributed by atoms with E-state index >= 15 is 0 Å². The van der Waals surface area contributed by atoms with Crippen molar-refractivity contribution in [1.29, 1.82) is 0 Å². The number of carbonyl (C=O) groups is 2. The standard InChI is InChI=1S/C24H24FN7O3S/c1-14-26-21-18(12-30(2)28-21)24(35)32(14)29-22(34)19-13-36-23(27-19)16-7-9-31(10-8-16)20(33)11-15-3-5-17(25)6-4-15/h3-6,12-13,16H,7-11H2,1-2H3,(H,29,34). The van der Waals surface area contributed by atoms with Gasteiger partial charge in [-0.15, -0.1) is 11.3 Å². The summed E-state index contributed by atoms with van der Waals surface area (Å²) in [7, 11) is 1.70. The number of thiazole rings is 1. The van der Waals surface area contributed by atoms with E-state index in [1.54, 1.807) is 37.7 Å². The number of piperidine rings is 1. The lowest BCUT2D eigenvalue weighted by atomic mass is 9.97. The summed E-state index contributed by atoms with van der Waals surface area (Å²) < 4.78 is 15.7. The average Bonchev–Trinajstić information content (AvgIpc) is 3.50. The van der Waals surface area contributed by atoms with Crippen molar-refractivity contribution in [2.24, 2.45) is 7.05 Å². The molecule has 0 radical (unpaired) electrons. The van der Waals surface area contributed by atoms with Gasteiger partial charge < -0.3 is 4.90 Å². The molecule has 4 heterocycles. The number of carbonyl (C=O) groups excluding carboxylic acids is 2. The number of hydrogen-bond donors (Lipinski definition) is 1. The maximum atomic E-state index is 13.1. The highest BCUT2D eigenvalue weighted by atomic mass is 32.1. The Hall–Kier alpha value is -3.93. The minimum absolute atomic E-state index is 0.0132. The van der Waals surface area contributed by atoms with Crippen LogP contribution >= 0.6 is 11.3 Å². The first-order valence-corrected chi connectivity index (χ1v) is 12.4. The number of aromatic nitrogens is 5. The third kappa shape index (κ3) is 4.76. The molecule has 0 unspecified atom stereocenters. The van der Waals surface area contributed by atoms with Crippen LogP contribution < -0.4 is 11.0 Å². The first-order chi connectivity index (χ1) is 17.3. The van der Waals surface area contributed by atoms with E-state index in [1.165, 1.54) is 28.2 Å². The van der Waals surface area contributed by atoms with Gasteiger partial charge in [0.05, 0.1) is 11.4 Å². The van der Waals surface area contributed by atoms with Crippen LogP contribution in [0.15, 0.2) is 40.6 Å². The van der Waals surface area contributed by atoms with Gasteiger partial charge in [0.15, 0.2) is 5.65 Å². The molecule has 1 fully saturated rings. The Morgan fingerprint density at radius 3 is 2.61 bits per heavy atom.